The molecule has 2 amide bonds. The minimum absolute atomic E-state index is 0.142. The van der Waals surface area contributed by atoms with Gasteiger partial charge in [-0.3, -0.25) is 9.59 Å². The quantitative estimate of drug-likeness (QED) is 0.426. The van der Waals surface area contributed by atoms with E-state index in [1.54, 1.807) is 48.0 Å². The monoisotopic (exact) mass is 278 g/mol. The predicted molar refractivity (Wildman–Crippen MR) is 74.3 cm³/mol. The van der Waals surface area contributed by atoms with E-state index < -0.39 is 6.17 Å². The van der Waals surface area contributed by atoms with E-state index in [-0.39, 0.29) is 24.2 Å². The first kappa shape index (κ1) is 14.2. The van der Waals surface area contributed by atoms with Gasteiger partial charge in [0.25, 0.3) is 5.82 Å². The normalized spacial score (nSPS) is 25.2. The first-order chi connectivity index (χ1) is 9.38. The molecule has 2 heterocycles. The summed E-state index contributed by atoms with van der Waals surface area (Å²) < 4.78 is 1.79. The van der Waals surface area contributed by atoms with E-state index in [9.17, 15) is 9.59 Å². The highest BCUT2D eigenvalue weighted by molar-refractivity contribution is 6.03. The molecule has 0 aliphatic carbocycles. The second-order valence-corrected chi connectivity index (χ2v) is 5.02. The maximum atomic E-state index is 12.1. The summed E-state index contributed by atoms with van der Waals surface area (Å²) >= 11 is 0. The standard InChI is InChI=1S/C13H20N5O2/c1-6-14-18-10(3)15(5)8-16(18)11(4)17-12(19)7-9(2)13(17)20/h6,8-9,11H,3,7H2,1-2,4-5H3/q+1/b14-6-. The molecule has 0 radical (unpaired) electrons. The Morgan fingerprint density at radius 3 is 2.70 bits per heavy atom. The largest absolute Gasteiger partial charge is 0.278 e. The number of carbonyl (C=O) groups is 2. The molecule has 0 aromatic rings. The van der Waals surface area contributed by atoms with Crippen LogP contribution in [0, 0.1) is 5.92 Å². The average Bonchev–Trinajstić information content (AvgIpc) is 2.80. The number of carbonyl (C=O) groups excluding carboxylic acids is 2. The van der Waals surface area contributed by atoms with Gasteiger partial charge < -0.3 is 0 Å². The highest BCUT2D eigenvalue weighted by Crippen LogP contribution is 2.25. The van der Waals surface area contributed by atoms with Crippen molar-refractivity contribution in [2.45, 2.75) is 33.4 Å². The summed E-state index contributed by atoms with van der Waals surface area (Å²) in [6.45, 7) is 9.29. The number of hydrazone groups is 1. The van der Waals surface area contributed by atoms with Crippen LogP contribution in [0.15, 0.2) is 17.5 Å². The minimum atomic E-state index is -0.439. The smallest absolute Gasteiger partial charge is 0.274 e. The SMILES string of the molecule is C=C1N(/N=C\C)N(C(C)N2C(=O)CC(C)C2=O)C=[N+]1C. The van der Waals surface area contributed by atoms with Gasteiger partial charge in [0, 0.05) is 18.6 Å². The minimum Gasteiger partial charge on any atom is -0.274 e. The van der Waals surface area contributed by atoms with E-state index in [2.05, 4.69) is 11.7 Å². The lowest BCUT2D eigenvalue weighted by atomic mass is 10.1. The zero-order valence-electron chi connectivity index (χ0n) is 12.3. The first-order valence-corrected chi connectivity index (χ1v) is 6.58. The number of likely N-dealkylation sites (tertiary alicyclic amines) is 1. The van der Waals surface area contributed by atoms with Crippen molar-refractivity contribution in [3.05, 3.63) is 12.4 Å². The van der Waals surface area contributed by atoms with Crippen LogP contribution in [0.2, 0.25) is 0 Å². The number of amides is 2. The number of hydrogen-bond acceptors (Lipinski definition) is 5. The summed E-state index contributed by atoms with van der Waals surface area (Å²) in [5.41, 5.74) is 0. The fourth-order valence-corrected chi connectivity index (χ4v) is 2.38. The van der Waals surface area contributed by atoms with Gasteiger partial charge in [0.1, 0.15) is 0 Å². The molecule has 2 aliphatic rings. The zero-order valence-corrected chi connectivity index (χ0v) is 12.3. The Hall–Kier alpha value is -2.18. The number of hydrazine groups is 1. The lowest BCUT2D eigenvalue weighted by molar-refractivity contribution is -0.446. The summed E-state index contributed by atoms with van der Waals surface area (Å²) in [7, 11) is 1.84. The van der Waals surface area contributed by atoms with Crippen molar-refractivity contribution in [2.75, 3.05) is 7.05 Å². The van der Waals surface area contributed by atoms with E-state index >= 15 is 0 Å². The van der Waals surface area contributed by atoms with E-state index in [0.717, 1.165) is 0 Å². The summed E-state index contributed by atoms with van der Waals surface area (Å²) in [6.07, 6.45) is 3.23. The van der Waals surface area contributed by atoms with Crippen LogP contribution >= 0.6 is 0 Å². The molecule has 0 aromatic carbocycles. The number of nitrogens with zero attached hydrogens (tertiary/aromatic N) is 5. The van der Waals surface area contributed by atoms with Crippen LogP contribution in [0.3, 0.4) is 0 Å². The van der Waals surface area contributed by atoms with Crippen molar-refractivity contribution in [1.29, 1.82) is 0 Å². The Kier molecular flexibility index (Phi) is 3.61. The average molecular weight is 278 g/mol. The van der Waals surface area contributed by atoms with Crippen molar-refractivity contribution in [3.63, 3.8) is 0 Å². The summed E-state index contributed by atoms with van der Waals surface area (Å²) in [5, 5.41) is 7.51. The molecule has 2 aliphatic heterocycles. The van der Waals surface area contributed by atoms with E-state index in [4.69, 9.17) is 0 Å². The molecule has 1 saturated heterocycles. The summed E-state index contributed by atoms with van der Waals surface area (Å²) in [5.74, 6) is 0.110. The number of rotatable bonds is 3. The van der Waals surface area contributed by atoms with Crippen LogP contribution in [0.5, 0.6) is 0 Å². The van der Waals surface area contributed by atoms with Crippen molar-refractivity contribution >= 4 is 24.4 Å². The maximum Gasteiger partial charge on any atom is 0.278 e. The van der Waals surface area contributed by atoms with E-state index in [1.165, 1.54) is 4.90 Å². The third kappa shape index (κ3) is 2.09. The molecule has 7 heteroatoms. The van der Waals surface area contributed by atoms with E-state index in [0.29, 0.717) is 5.82 Å². The highest BCUT2D eigenvalue weighted by atomic mass is 16.2. The van der Waals surface area contributed by atoms with Crippen molar-refractivity contribution in [2.24, 2.45) is 11.0 Å². The van der Waals surface area contributed by atoms with E-state index in [1.807, 2.05) is 7.05 Å². The first-order valence-electron chi connectivity index (χ1n) is 6.58. The molecular weight excluding hydrogens is 258 g/mol. The molecule has 0 saturated carbocycles. The predicted octanol–water partition coefficient (Wildman–Crippen LogP) is 0.407. The third-order valence-electron chi connectivity index (χ3n) is 3.54. The van der Waals surface area contributed by atoms with Gasteiger partial charge in [0.05, 0.1) is 7.05 Å². The molecule has 0 N–H and O–H groups in total. The van der Waals surface area contributed by atoms with Gasteiger partial charge in [-0.05, 0) is 25.5 Å². The highest BCUT2D eigenvalue weighted by Gasteiger charge is 2.46. The summed E-state index contributed by atoms with van der Waals surface area (Å²) in [4.78, 5) is 25.4. The van der Waals surface area contributed by atoms with Gasteiger partial charge >= 0.3 is 0 Å². The molecule has 2 unspecified atom stereocenters. The van der Waals surface area contributed by atoms with Crippen LogP contribution in [0.25, 0.3) is 0 Å². The lowest BCUT2D eigenvalue weighted by Gasteiger charge is -2.27. The Labute approximate surface area is 118 Å². The van der Waals surface area contributed by atoms with Crippen LogP contribution in [0.1, 0.15) is 27.2 Å². The molecule has 2 rings (SSSR count). The maximum absolute atomic E-state index is 12.1. The Morgan fingerprint density at radius 2 is 2.20 bits per heavy atom. The molecular formula is C13H20N5O2+. The molecule has 0 aromatic heterocycles. The number of hydrogen-bond donors (Lipinski definition) is 0. The Morgan fingerprint density at radius 1 is 1.55 bits per heavy atom. The van der Waals surface area contributed by atoms with Crippen LogP contribution in [0.4, 0.5) is 0 Å². The van der Waals surface area contributed by atoms with Gasteiger partial charge in [-0.2, -0.15) is 0 Å². The molecule has 1 fully saturated rings. The van der Waals surface area contributed by atoms with Gasteiger partial charge in [-0.1, -0.05) is 12.0 Å². The molecule has 7 nitrogen and oxygen atoms in total. The molecule has 0 spiro atoms. The Bertz CT molecular complexity index is 525. The van der Waals surface area contributed by atoms with Gasteiger partial charge in [0.2, 0.25) is 18.2 Å². The summed E-state index contributed by atoms with van der Waals surface area (Å²) in [6, 6.07) is 0. The van der Waals surface area contributed by atoms with Gasteiger partial charge in [-0.25, -0.2) is 9.48 Å². The topological polar surface area (TPSA) is 59.2 Å². The van der Waals surface area contributed by atoms with Crippen LogP contribution in [-0.4, -0.2) is 57.2 Å². The van der Waals surface area contributed by atoms with Crippen molar-refractivity contribution in [3.8, 4) is 0 Å². The lowest BCUT2D eigenvalue weighted by Crippen LogP contribution is -2.52. The molecule has 108 valence electrons. The Balaban J connectivity index is 2.28. The fraction of sp³-hybridized carbons (Fsp3) is 0.538. The molecule has 2 atom stereocenters. The number of imide groups is 1. The zero-order chi connectivity index (χ0) is 15.0. The second-order valence-electron chi connectivity index (χ2n) is 5.02. The fourth-order valence-electron chi connectivity index (χ4n) is 2.38. The van der Waals surface area contributed by atoms with Gasteiger partial charge in [-0.15, -0.1) is 5.01 Å². The molecule has 20 heavy (non-hydrogen) atoms. The van der Waals surface area contributed by atoms with Gasteiger partial charge in [0.15, 0.2) is 6.17 Å². The van der Waals surface area contributed by atoms with Crippen LogP contribution < -0.4 is 0 Å². The van der Waals surface area contributed by atoms with Crippen molar-refractivity contribution in [1.82, 2.24) is 15.0 Å². The second kappa shape index (κ2) is 5.07. The van der Waals surface area contributed by atoms with Crippen molar-refractivity contribution < 1.29 is 14.2 Å². The molecule has 0 bridgehead atoms. The van der Waals surface area contributed by atoms with Crippen LogP contribution in [-0.2, 0) is 9.59 Å². The third-order valence-corrected chi connectivity index (χ3v) is 3.54.